The van der Waals surface area contributed by atoms with Crippen LogP contribution in [0.3, 0.4) is 0 Å². The summed E-state index contributed by atoms with van der Waals surface area (Å²) in [7, 11) is 4.05. The average Bonchev–Trinajstić information content (AvgIpc) is 2.24. The summed E-state index contributed by atoms with van der Waals surface area (Å²) >= 11 is 3.36. The van der Waals surface area contributed by atoms with Gasteiger partial charge in [0.05, 0.1) is 5.56 Å². The quantitative estimate of drug-likeness (QED) is 0.841. The van der Waals surface area contributed by atoms with E-state index in [2.05, 4.69) is 26.1 Å². The highest BCUT2D eigenvalue weighted by Crippen LogP contribution is 2.15. The molecule has 0 radical (unpaired) electrons. The monoisotopic (exact) mass is 284 g/mol. The Balaban J connectivity index is 2.39. The van der Waals surface area contributed by atoms with Crippen molar-refractivity contribution >= 4 is 21.8 Å². The van der Waals surface area contributed by atoms with E-state index in [1.54, 1.807) is 0 Å². The van der Waals surface area contributed by atoms with Gasteiger partial charge in [0, 0.05) is 11.0 Å². The van der Waals surface area contributed by atoms with Crippen LogP contribution in [0.2, 0.25) is 0 Å². The van der Waals surface area contributed by atoms with Crippen LogP contribution in [0, 0.1) is 0 Å². The predicted octanol–water partition coefficient (Wildman–Crippen LogP) is 2.13. The number of amides is 1. The van der Waals surface area contributed by atoms with Gasteiger partial charge in [0.1, 0.15) is 0 Å². The summed E-state index contributed by atoms with van der Waals surface area (Å²) in [6.45, 7) is 1.69. The van der Waals surface area contributed by atoms with Crippen molar-refractivity contribution in [3.8, 4) is 0 Å². The maximum absolute atomic E-state index is 11.8. The molecule has 0 atom stereocenters. The number of rotatable bonds is 5. The van der Waals surface area contributed by atoms with E-state index in [1.807, 2.05) is 38.4 Å². The highest BCUT2D eigenvalue weighted by Gasteiger charge is 2.07. The topological polar surface area (TPSA) is 32.3 Å². The van der Waals surface area contributed by atoms with Crippen molar-refractivity contribution in [2.24, 2.45) is 0 Å². The van der Waals surface area contributed by atoms with E-state index >= 15 is 0 Å². The van der Waals surface area contributed by atoms with Crippen LogP contribution in [0.5, 0.6) is 0 Å². The molecule has 0 aliphatic carbocycles. The summed E-state index contributed by atoms with van der Waals surface area (Å²) in [5.74, 6) is -0.0220. The third kappa shape index (κ3) is 4.33. The second-order valence-electron chi connectivity index (χ2n) is 3.89. The molecule has 16 heavy (non-hydrogen) atoms. The van der Waals surface area contributed by atoms with Crippen LogP contribution in [0.1, 0.15) is 16.8 Å². The van der Waals surface area contributed by atoms with Gasteiger partial charge in [0.25, 0.3) is 5.91 Å². The molecule has 0 heterocycles. The Bertz CT molecular complexity index is 353. The van der Waals surface area contributed by atoms with Gasteiger partial charge in [-0.25, -0.2) is 0 Å². The van der Waals surface area contributed by atoms with Gasteiger partial charge in [-0.2, -0.15) is 0 Å². The summed E-state index contributed by atoms with van der Waals surface area (Å²) in [6, 6.07) is 7.44. The second-order valence-corrected chi connectivity index (χ2v) is 4.75. The summed E-state index contributed by atoms with van der Waals surface area (Å²) < 4.78 is 0.833. The first-order valence-corrected chi connectivity index (χ1v) is 6.08. The fourth-order valence-corrected chi connectivity index (χ4v) is 1.80. The molecule has 1 aromatic rings. The molecule has 1 N–H and O–H groups in total. The maximum Gasteiger partial charge on any atom is 0.252 e. The molecular formula is C12H17BrN2O. The molecule has 1 rings (SSSR count). The van der Waals surface area contributed by atoms with E-state index in [9.17, 15) is 4.79 Å². The smallest absolute Gasteiger partial charge is 0.252 e. The molecule has 4 heteroatoms. The summed E-state index contributed by atoms with van der Waals surface area (Å²) in [6.07, 6.45) is 0.962. The third-order valence-electron chi connectivity index (χ3n) is 2.19. The Kier molecular flexibility index (Phi) is 5.49. The van der Waals surface area contributed by atoms with Crippen molar-refractivity contribution < 1.29 is 4.79 Å². The van der Waals surface area contributed by atoms with Gasteiger partial charge in [-0.15, -0.1) is 0 Å². The normalized spacial score (nSPS) is 10.5. The molecule has 0 unspecified atom stereocenters. The van der Waals surface area contributed by atoms with Crippen molar-refractivity contribution in [1.82, 2.24) is 10.2 Å². The lowest BCUT2D eigenvalue weighted by atomic mass is 10.2. The Morgan fingerprint density at radius 1 is 1.38 bits per heavy atom. The van der Waals surface area contributed by atoms with Crippen molar-refractivity contribution in [3.63, 3.8) is 0 Å². The van der Waals surface area contributed by atoms with Crippen molar-refractivity contribution in [1.29, 1.82) is 0 Å². The molecule has 0 spiro atoms. The minimum atomic E-state index is -0.0220. The SMILES string of the molecule is CN(C)CCCNC(=O)c1ccccc1Br. The van der Waals surface area contributed by atoms with E-state index < -0.39 is 0 Å². The Hall–Kier alpha value is -0.870. The minimum Gasteiger partial charge on any atom is -0.352 e. The predicted molar refractivity (Wildman–Crippen MR) is 69.6 cm³/mol. The lowest BCUT2D eigenvalue weighted by Gasteiger charge is -2.10. The molecule has 0 aromatic heterocycles. The molecule has 1 aromatic carbocycles. The lowest BCUT2D eigenvalue weighted by Crippen LogP contribution is -2.27. The molecule has 1 amide bonds. The maximum atomic E-state index is 11.8. The highest BCUT2D eigenvalue weighted by molar-refractivity contribution is 9.10. The largest absolute Gasteiger partial charge is 0.352 e. The number of hydrogen-bond donors (Lipinski definition) is 1. The van der Waals surface area contributed by atoms with Crippen LogP contribution in [-0.2, 0) is 0 Å². The number of carbonyl (C=O) groups excluding carboxylic acids is 1. The summed E-state index contributed by atoms with van der Waals surface area (Å²) in [5.41, 5.74) is 0.687. The number of nitrogens with zero attached hydrogens (tertiary/aromatic N) is 1. The van der Waals surface area contributed by atoms with Crippen LogP contribution < -0.4 is 5.32 Å². The Morgan fingerprint density at radius 3 is 2.69 bits per heavy atom. The molecule has 0 aliphatic rings. The van der Waals surface area contributed by atoms with E-state index in [1.165, 1.54) is 0 Å². The van der Waals surface area contributed by atoms with Gasteiger partial charge in [0.15, 0.2) is 0 Å². The van der Waals surface area contributed by atoms with Crippen molar-refractivity contribution in [2.45, 2.75) is 6.42 Å². The first kappa shape index (κ1) is 13.2. The van der Waals surface area contributed by atoms with Crippen LogP contribution >= 0.6 is 15.9 Å². The minimum absolute atomic E-state index is 0.0220. The third-order valence-corrected chi connectivity index (χ3v) is 2.88. The highest BCUT2D eigenvalue weighted by atomic mass is 79.9. The number of halogens is 1. The van der Waals surface area contributed by atoms with Gasteiger partial charge in [0.2, 0.25) is 0 Å². The van der Waals surface area contributed by atoms with Crippen molar-refractivity contribution in [3.05, 3.63) is 34.3 Å². The molecule has 0 aliphatic heterocycles. The van der Waals surface area contributed by atoms with Gasteiger partial charge >= 0.3 is 0 Å². The first-order valence-electron chi connectivity index (χ1n) is 5.28. The van der Waals surface area contributed by atoms with Crippen LogP contribution in [-0.4, -0.2) is 38.0 Å². The second kappa shape index (κ2) is 6.66. The fourth-order valence-electron chi connectivity index (χ4n) is 1.34. The van der Waals surface area contributed by atoms with Gasteiger partial charge in [-0.05, 0) is 55.1 Å². The van der Waals surface area contributed by atoms with Gasteiger partial charge < -0.3 is 10.2 Å². The van der Waals surface area contributed by atoms with E-state index in [4.69, 9.17) is 0 Å². The number of nitrogens with one attached hydrogen (secondary N) is 1. The van der Waals surface area contributed by atoms with E-state index in [0.717, 1.165) is 17.4 Å². The van der Waals surface area contributed by atoms with E-state index in [0.29, 0.717) is 12.1 Å². The molecule has 0 bridgehead atoms. The number of benzene rings is 1. The van der Waals surface area contributed by atoms with Crippen LogP contribution in [0.25, 0.3) is 0 Å². The van der Waals surface area contributed by atoms with Gasteiger partial charge in [-0.3, -0.25) is 4.79 Å². The van der Waals surface area contributed by atoms with E-state index in [-0.39, 0.29) is 5.91 Å². The standard InChI is InChI=1S/C12H17BrN2O/c1-15(2)9-5-8-14-12(16)10-6-3-4-7-11(10)13/h3-4,6-7H,5,8-9H2,1-2H3,(H,14,16). The summed E-state index contributed by atoms with van der Waals surface area (Å²) in [4.78, 5) is 13.9. The Labute approximate surface area is 105 Å². The molecule has 3 nitrogen and oxygen atoms in total. The van der Waals surface area contributed by atoms with Crippen LogP contribution in [0.4, 0.5) is 0 Å². The first-order chi connectivity index (χ1) is 7.61. The molecule has 88 valence electrons. The molecular weight excluding hydrogens is 268 g/mol. The lowest BCUT2D eigenvalue weighted by molar-refractivity contribution is 0.0951. The van der Waals surface area contributed by atoms with Gasteiger partial charge in [-0.1, -0.05) is 12.1 Å². The number of hydrogen-bond acceptors (Lipinski definition) is 2. The molecule has 0 saturated carbocycles. The average molecular weight is 285 g/mol. The molecule has 0 saturated heterocycles. The fraction of sp³-hybridized carbons (Fsp3) is 0.417. The zero-order valence-electron chi connectivity index (χ0n) is 9.66. The molecule has 0 fully saturated rings. The zero-order valence-corrected chi connectivity index (χ0v) is 11.3. The Morgan fingerprint density at radius 2 is 2.06 bits per heavy atom. The zero-order chi connectivity index (χ0) is 12.0. The summed E-state index contributed by atoms with van der Waals surface area (Å²) in [5, 5.41) is 2.90. The van der Waals surface area contributed by atoms with Crippen LogP contribution in [0.15, 0.2) is 28.7 Å². The number of carbonyl (C=O) groups is 1. The van der Waals surface area contributed by atoms with Crippen molar-refractivity contribution in [2.75, 3.05) is 27.2 Å².